The van der Waals surface area contributed by atoms with Gasteiger partial charge < -0.3 is 29.1 Å². The number of carbonyl (C=O) groups excluding carboxylic acids is 1. The number of nitrogens with zero attached hydrogens (tertiary/aromatic N) is 5. The number of benzene rings is 2. The Balaban J connectivity index is 0.00000528. The number of fused-ring (bicyclic) bond motifs is 5. The number of H-pyrrole nitrogens is 1. The van der Waals surface area contributed by atoms with Gasteiger partial charge in [-0.05, 0) is 23.9 Å². The van der Waals surface area contributed by atoms with E-state index in [-0.39, 0.29) is 35.9 Å². The number of alkyl halides is 2. The number of rotatable bonds is 7. The average Bonchev–Trinajstić information content (AvgIpc) is 3.85. The van der Waals surface area contributed by atoms with Crippen LogP contribution in [0.1, 0.15) is 39.5 Å². The molecule has 3 fully saturated rings. The number of nitrogens with two attached hydrogens (primary N) is 1. The SMILES string of the molecule is Cc1ccc(C(=O)c2ccc(CSP3(=O)OC[C@H]4O[C@@H](n5cnc6c(N)ncnc65)[C@H](OP(=O)([O-])OC[C@H]5O[C@@H](n6ccc(=O)[nH]c6=O)[C@H](O3)[C@@H]5F)[C@@H]4F)cc2)cc1.[CH3+]. The van der Waals surface area contributed by atoms with E-state index in [4.69, 9.17) is 33.3 Å². The number of nitrogens with one attached hydrogen (secondary N) is 1. The third-order valence-electron chi connectivity index (χ3n) is 9.53. The summed E-state index contributed by atoms with van der Waals surface area (Å²) in [5, 5.41) is 0. The van der Waals surface area contributed by atoms with E-state index >= 15 is 8.78 Å². The van der Waals surface area contributed by atoms with E-state index in [2.05, 4.69) is 15.0 Å². The Morgan fingerprint density at radius 2 is 1.51 bits per heavy atom. The molecule has 0 spiro atoms. The number of nitrogen functional groups attached to an aromatic ring is 1. The Hall–Kier alpha value is -4.60. The van der Waals surface area contributed by atoms with Crippen LogP contribution in [-0.4, -0.2) is 84.8 Å². The van der Waals surface area contributed by atoms with Gasteiger partial charge in [-0.1, -0.05) is 54.1 Å². The molecule has 4 bridgehead atoms. The Labute approximate surface area is 337 Å². The molecule has 0 radical (unpaired) electrons. The molecular formula is C35H35F2N7O12P2S. The number of carbonyl (C=O) groups is 1. The Kier molecular flexibility index (Phi) is 12.1. The number of aromatic nitrogens is 6. The zero-order chi connectivity index (χ0) is 40.9. The first-order valence-electron chi connectivity index (χ1n) is 17.4. The molecule has 0 aliphatic carbocycles. The van der Waals surface area contributed by atoms with Crippen molar-refractivity contribution in [2.75, 3.05) is 18.9 Å². The van der Waals surface area contributed by atoms with E-state index in [1.165, 1.54) is 0 Å². The van der Waals surface area contributed by atoms with Crippen molar-refractivity contribution in [3.63, 3.8) is 0 Å². The largest absolute Gasteiger partial charge is 0.756 e. The number of halogens is 2. The standard InChI is InChI=1S/C34H33F2N7O12P2S.CH3/c1-17-2-6-19(7-3-17)27(45)20-8-4-18(5-9-20)14-58-57(49)51-13-22-24(35)28(33(53-22)43-16-40-26-30(37)38-15-39-31(26)43)54-56(47,48)50-12-21-25(36)29(55-57)32(52-21)42-11-10-23(44)41-34(42)46;/h2-11,15-16,21-22,24-25,28-29,32-33H,12-14H2,1H3,(H,47,48)(H2,37,38,39)(H,41,44,46);1H3/q;+1/p-1/t21-,22-,24-,25-,28-,29-,32-,33-,57?;/m1./s1. The second kappa shape index (κ2) is 16.8. The predicted octanol–water partition coefficient (Wildman–Crippen LogP) is 3.75. The van der Waals surface area contributed by atoms with E-state index in [1.54, 1.807) is 36.4 Å². The minimum absolute atomic E-state index is 0. The van der Waals surface area contributed by atoms with Crippen LogP contribution >= 0.6 is 26.0 Å². The van der Waals surface area contributed by atoms with Crippen LogP contribution in [0.15, 0.2) is 83.0 Å². The van der Waals surface area contributed by atoms with Crippen LogP contribution in [0.4, 0.5) is 14.6 Å². The fraction of sp³-hybridized carbons (Fsp3) is 0.343. The van der Waals surface area contributed by atoms with Crippen molar-refractivity contribution in [3.8, 4) is 0 Å². The second-order valence-corrected chi connectivity index (χ2v) is 18.8. The maximum atomic E-state index is 16.4. The molecule has 312 valence electrons. The molecule has 2 aromatic carbocycles. The molecule has 3 saturated heterocycles. The zero-order valence-corrected chi connectivity index (χ0v) is 33.5. The molecule has 10 atom stereocenters. The third-order valence-corrected chi connectivity index (χ3v) is 14.2. The van der Waals surface area contributed by atoms with Crippen LogP contribution in [0.2, 0.25) is 0 Å². The van der Waals surface area contributed by atoms with Crippen LogP contribution in [0.25, 0.3) is 11.2 Å². The smallest absolute Gasteiger partial charge is 0.390 e. The molecule has 2 unspecified atom stereocenters. The Bertz CT molecular complexity index is 2560. The monoisotopic (exact) mass is 877 g/mol. The van der Waals surface area contributed by atoms with Crippen molar-refractivity contribution < 1.29 is 55.2 Å². The number of anilines is 1. The highest BCUT2D eigenvalue weighted by molar-refractivity contribution is 8.54. The zero-order valence-electron chi connectivity index (χ0n) is 30.9. The predicted molar refractivity (Wildman–Crippen MR) is 204 cm³/mol. The van der Waals surface area contributed by atoms with Crippen LogP contribution in [0.3, 0.4) is 0 Å². The molecule has 19 nitrogen and oxygen atoms in total. The first-order chi connectivity index (χ1) is 27.7. The lowest BCUT2D eigenvalue weighted by atomic mass is 10.0. The highest BCUT2D eigenvalue weighted by atomic mass is 32.7. The fourth-order valence-corrected chi connectivity index (χ4v) is 10.8. The van der Waals surface area contributed by atoms with Crippen molar-refractivity contribution in [2.24, 2.45) is 0 Å². The molecule has 0 amide bonds. The van der Waals surface area contributed by atoms with Crippen molar-refractivity contribution in [2.45, 2.75) is 61.9 Å². The van der Waals surface area contributed by atoms with Gasteiger partial charge in [0.15, 0.2) is 42.0 Å². The molecule has 3 N–H and O–H groups in total. The summed E-state index contributed by atoms with van der Waals surface area (Å²) >= 11 is 0.575. The van der Waals surface area contributed by atoms with Gasteiger partial charge in [0.05, 0.1) is 19.5 Å². The van der Waals surface area contributed by atoms with Crippen molar-refractivity contribution in [1.82, 2.24) is 29.1 Å². The van der Waals surface area contributed by atoms with Gasteiger partial charge >= 0.3 is 12.5 Å². The molecule has 24 heteroatoms. The first-order valence-corrected chi connectivity index (χ1v) is 22.0. The van der Waals surface area contributed by atoms with Crippen LogP contribution < -0.4 is 21.9 Å². The quantitative estimate of drug-likeness (QED) is 0.134. The lowest BCUT2D eigenvalue weighted by Crippen LogP contribution is -2.38. The van der Waals surface area contributed by atoms with Gasteiger partial charge in [-0.2, -0.15) is 0 Å². The van der Waals surface area contributed by atoms with Crippen molar-refractivity contribution >= 4 is 48.8 Å². The van der Waals surface area contributed by atoms with Gasteiger partial charge in [-0.3, -0.25) is 37.3 Å². The summed E-state index contributed by atoms with van der Waals surface area (Å²) in [5.74, 6) is -0.377. The number of ether oxygens (including phenoxy) is 2. The average molecular weight is 878 g/mol. The molecule has 3 aliphatic heterocycles. The van der Waals surface area contributed by atoms with Gasteiger partial charge in [-0.25, -0.2) is 33.1 Å². The number of hydrogen-bond donors (Lipinski definition) is 2. The maximum absolute atomic E-state index is 16.4. The number of aryl methyl sites for hydroxylation is 1. The number of phosphoric ester groups is 1. The lowest BCUT2D eigenvalue weighted by molar-refractivity contribution is -0.236. The number of aromatic amines is 1. The number of phosphoric acid groups is 1. The summed E-state index contributed by atoms with van der Waals surface area (Å²) in [5.41, 5.74) is 6.55. The topological polar surface area (TPSA) is 254 Å². The second-order valence-electron chi connectivity index (χ2n) is 13.4. The van der Waals surface area contributed by atoms with Crippen LogP contribution in [0.5, 0.6) is 0 Å². The van der Waals surface area contributed by atoms with Crippen molar-refractivity contribution in [1.29, 1.82) is 0 Å². The fourth-order valence-electron chi connectivity index (χ4n) is 6.55. The summed E-state index contributed by atoms with van der Waals surface area (Å²) in [6, 6.07) is 14.3. The van der Waals surface area contributed by atoms with E-state index < -0.39 is 88.3 Å². The lowest BCUT2D eigenvalue weighted by Gasteiger charge is -2.30. The van der Waals surface area contributed by atoms with Crippen molar-refractivity contribution in [3.05, 3.63) is 124 Å². The molecule has 6 heterocycles. The molecule has 5 aromatic rings. The highest BCUT2D eigenvalue weighted by Gasteiger charge is 2.54. The van der Waals surface area contributed by atoms with Gasteiger partial charge in [-0.15, -0.1) is 0 Å². The molecular weight excluding hydrogens is 842 g/mol. The molecule has 3 aliphatic rings. The van der Waals surface area contributed by atoms with Gasteiger partial charge in [0.1, 0.15) is 36.3 Å². The van der Waals surface area contributed by atoms with Crippen LogP contribution in [-0.2, 0) is 42.5 Å². The summed E-state index contributed by atoms with van der Waals surface area (Å²) in [4.78, 5) is 65.0. The van der Waals surface area contributed by atoms with E-state index in [1.807, 2.05) is 24.0 Å². The number of ketones is 1. The Morgan fingerprint density at radius 3 is 2.17 bits per heavy atom. The van der Waals surface area contributed by atoms with Gasteiger partial charge in [0, 0.05) is 36.6 Å². The first kappa shape index (κ1) is 42.5. The Morgan fingerprint density at radius 1 is 0.898 bits per heavy atom. The van der Waals surface area contributed by atoms with Gasteiger partial charge in [0.2, 0.25) is 0 Å². The van der Waals surface area contributed by atoms with E-state index in [0.29, 0.717) is 28.1 Å². The maximum Gasteiger partial charge on any atom is 0.390 e. The molecule has 3 aromatic heterocycles. The molecule has 59 heavy (non-hydrogen) atoms. The third kappa shape index (κ3) is 8.69. The minimum Gasteiger partial charge on any atom is -0.756 e. The summed E-state index contributed by atoms with van der Waals surface area (Å²) in [7, 11) is -5.51. The van der Waals surface area contributed by atoms with E-state index in [0.717, 1.165) is 39.6 Å². The number of hydrogen-bond acceptors (Lipinski definition) is 17. The minimum atomic E-state index is -5.51. The summed E-state index contributed by atoms with van der Waals surface area (Å²) < 4.78 is 96.1. The molecule has 8 rings (SSSR count). The summed E-state index contributed by atoms with van der Waals surface area (Å²) in [6.07, 6.45) is -12.1. The summed E-state index contributed by atoms with van der Waals surface area (Å²) in [6.45, 7) is -4.71. The van der Waals surface area contributed by atoms with Gasteiger partial charge in [0.25, 0.3) is 13.4 Å². The normalized spacial score (nSPS) is 31.1. The molecule has 0 saturated carbocycles. The highest BCUT2D eigenvalue weighted by Crippen LogP contribution is 2.64. The van der Waals surface area contributed by atoms with E-state index in [9.17, 15) is 28.4 Å². The number of imidazole rings is 1. The van der Waals surface area contributed by atoms with Crippen LogP contribution in [0, 0.1) is 14.4 Å².